The molecule has 0 aromatic carbocycles. The normalized spacial score (nSPS) is 42.6. The molecule has 1 aliphatic rings. The molecule has 1 fully saturated rings. The van der Waals surface area contributed by atoms with Gasteiger partial charge in [-0.05, 0) is 39.3 Å². The Labute approximate surface area is 128 Å². The molecule has 1 rings (SSSR count). The molecule has 2 nitrogen and oxygen atoms in total. The van der Waals surface area contributed by atoms with E-state index >= 15 is 8.22 Å². The maximum Gasteiger partial charge on any atom is 0.419 e. The highest BCUT2D eigenvalue weighted by Gasteiger charge is 2.71. The van der Waals surface area contributed by atoms with Crippen LogP contribution in [0.4, 0.5) is 8.22 Å². The summed E-state index contributed by atoms with van der Waals surface area (Å²) in [6.45, 7) is 20.7. The molecular weight excluding hydrogens is 359 g/mol. The quantitative estimate of drug-likeness (QED) is 0.456. The Kier molecular flexibility index (Phi) is 4.58. The van der Waals surface area contributed by atoms with Crippen molar-refractivity contribution in [3.63, 3.8) is 0 Å². The Morgan fingerprint density at radius 3 is 0.900 bits per heavy atom. The third kappa shape index (κ3) is 2.59. The molecule has 10 heteroatoms. The Bertz CT molecular complexity index is 371. The molecule has 0 spiro atoms. The summed E-state index contributed by atoms with van der Waals surface area (Å²) < 4.78 is 42.2. The molecule has 0 aliphatic carbocycles. The number of hydrogen-bond donors (Lipinski definition) is 0. The Hall–Kier alpha value is 1.08. The van der Waals surface area contributed by atoms with Crippen LogP contribution in [0.5, 0.6) is 0 Å². The van der Waals surface area contributed by atoms with Crippen molar-refractivity contribution in [3.05, 3.63) is 0 Å². The van der Waals surface area contributed by atoms with Crippen molar-refractivity contribution in [1.82, 2.24) is 0 Å². The highest BCUT2D eigenvalue weighted by atomic mass is 29.8. The van der Waals surface area contributed by atoms with Crippen molar-refractivity contribution in [2.75, 3.05) is 0 Å². The average molecular weight is 389 g/mol. The lowest BCUT2D eigenvalue weighted by Gasteiger charge is -2.58. The van der Waals surface area contributed by atoms with Crippen LogP contribution < -0.4 is 0 Å². The Morgan fingerprint density at radius 2 is 0.700 bits per heavy atom. The molecule has 0 amide bonds. The van der Waals surface area contributed by atoms with E-state index in [-0.39, 0.29) is 0 Å². The van der Waals surface area contributed by atoms with E-state index in [1.165, 1.54) is 13.1 Å². The summed E-state index contributed by atoms with van der Waals surface area (Å²) in [5.41, 5.74) is 0. The van der Waals surface area contributed by atoms with Crippen LogP contribution >= 0.6 is 0 Å². The molecule has 0 bridgehead atoms. The maximum absolute atomic E-state index is 15.1. The number of hydrogen-bond acceptors (Lipinski definition) is 2. The topological polar surface area (TPSA) is 18.5 Å². The third-order valence-corrected chi connectivity index (χ3v) is 84.4. The van der Waals surface area contributed by atoms with Crippen LogP contribution in [0.15, 0.2) is 0 Å². The zero-order valence-electron chi connectivity index (χ0n) is 14.6. The van der Waals surface area contributed by atoms with Gasteiger partial charge in [0.05, 0.1) is 14.2 Å². The van der Waals surface area contributed by atoms with Crippen molar-refractivity contribution < 1.29 is 16.4 Å². The van der Waals surface area contributed by atoms with Crippen LogP contribution in [0.2, 0.25) is 65.5 Å². The first-order valence-electron chi connectivity index (χ1n) is 7.19. The third-order valence-electron chi connectivity index (χ3n) is 6.26. The monoisotopic (exact) mass is 388 g/mol. The molecule has 0 radical (unpaired) electrons. The van der Waals surface area contributed by atoms with Gasteiger partial charge in [0, 0.05) is 0 Å². The second-order valence-corrected chi connectivity index (χ2v) is 56.7. The second-order valence-electron chi connectivity index (χ2n) is 8.31. The molecule has 120 valence electrons. The van der Waals surface area contributed by atoms with Crippen molar-refractivity contribution >= 4 is 46.2 Å². The van der Waals surface area contributed by atoms with Gasteiger partial charge in [0.25, 0.3) is 0 Å². The second kappa shape index (κ2) is 4.79. The van der Waals surface area contributed by atoms with Crippen LogP contribution in [-0.4, -0.2) is 46.2 Å². The van der Waals surface area contributed by atoms with Crippen molar-refractivity contribution in [2.45, 2.75) is 65.5 Å². The van der Waals surface area contributed by atoms with Gasteiger partial charge in [0.1, 0.15) is 0 Å². The predicted molar refractivity (Wildman–Crippen MR) is 97.6 cm³/mol. The fraction of sp³-hybridized carbons (Fsp3) is 1.00. The maximum atomic E-state index is 15.1. The van der Waals surface area contributed by atoms with Gasteiger partial charge in [0.2, 0.25) is 0 Å². The van der Waals surface area contributed by atoms with Crippen LogP contribution in [0.1, 0.15) is 0 Å². The van der Waals surface area contributed by atoms with Gasteiger partial charge in [-0.2, -0.15) is 0 Å². The van der Waals surface area contributed by atoms with Gasteiger partial charge < -0.3 is 8.23 Å². The lowest BCUT2D eigenvalue weighted by molar-refractivity contribution is 0.430. The van der Waals surface area contributed by atoms with E-state index in [4.69, 9.17) is 8.23 Å². The van der Waals surface area contributed by atoms with Gasteiger partial charge in [-0.15, -0.1) is 0 Å². The standard InChI is InChI=1S/C10H30F2O2Si6/c1-15(2)13-19(9,11)20(10,12)14-16(3,4)18(7,8)17(15,5)6/h1-10H3. The fourth-order valence-corrected chi connectivity index (χ4v) is 90.0. The van der Waals surface area contributed by atoms with Crippen molar-refractivity contribution in [2.24, 2.45) is 0 Å². The van der Waals surface area contributed by atoms with E-state index in [0.29, 0.717) is 0 Å². The largest absolute Gasteiger partial charge is 0.435 e. The van der Waals surface area contributed by atoms with Crippen LogP contribution in [0.3, 0.4) is 0 Å². The number of rotatable bonds is 0. The minimum Gasteiger partial charge on any atom is -0.435 e. The molecule has 0 saturated carbocycles. The van der Waals surface area contributed by atoms with Gasteiger partial charge in [-0.25, -0.2) is 0 Å². The zero-order chi connectivity index (χ0) is 16.4. The molecule has 0 aromatic heterocycles. The minimum atomic E-state index is -3.87. The Morgan fingerprint density at radius 1 is 0.500 bits per heavy atom. The summed E-state index contributed by atoms with van der Waals surface area (Å²) in [5.74, 6) is 0. The van der Waals surface area contributed by atoms with Gasteiger partial charge >= 0.3 is 16.3 Å². The van der Waals surface area contributed by atoms with Gasteiger partial charge in [0.15, 0.2) is 15.7 Å². The summed E-state index contributed by atoms with van der Waals surface area (Å²) in [4.78, 5) is 0. The van der Waals surface area contributed by atoms with Crippen LogP contribution in [-0.2, 0) is 8.23 Å². The molecule has 2 atom stereocenters. The van der Waals surface area contributed by atoms with Gasteiger partial charge in [-0.1, -0.05) is 26.2 Å². The number of halogens is 2. The molecule has 1 heterocycles. The predicted octanol–water partition coefficient (Wildman–Crippen LogP) is 4.26. The highest BCUT2D eigenvalue weighted by Crippen LogP contribution is 2.43. The van der Waals surface area contributed by atoms with Crippen molar-refractivity contribution in [1.29, 1.82) is 0 Å². The first kappa shape index (κ1) is 19.1. The molecule has 0 aromatic rings. The average Bonchev–Trinajstić information content (AvgIpc) is 2.11. The summed E-state index contributed by atoms with van der Waals surface area (Å²) >= 11 is 0. The lowest BCUT2D eigenvalue weighted by atomic mass is 11.9. The van der Waals surface area contributed by atoms with Crippen LogP contribution in [0, 0.1) is 0 Å². The van der Waals surface area contributed by atoms with E-state index in [1.807, 2.05) is 0 Å². The molecule has 0 N–H and O–H groups in total. The minimum absolute atomic E-state index is 1.39. The summed E-state index contributed by atoms with van der Waals surface area (Å²) in [7, 11) is -15.7. The molecular formula is C10H30F2O2Si6. The van der Waals surface area contributed by atoms with Gasteiger partial charge in [-0.3, -0.25) is 8.22 Å². The molecule has 1 saturated heterocycles. The highest BCUT2D eigenvalue weighted by molar-refractivity contribution is 7.82. The van der Waals surface area contributed by atoms with E-state index in [9.17, 15) is 0 Å². The summed E-state index contributed by atoms with van der Waals surface area (Å²) in [6.07, 6.45) is 0. The first-order chi connectivity index (χ1) is 8.41. The Balaban J connectivity index is 3.55. The zero-order valence-corrected chi connectivity index (χ0v) is 20.6. The van der Waals surface area contributed by atoms with E-state index in [2.05, 4.69) is 52.4 Å². The first-order valence-corrected chi connectivity index (χ1v) is 27.6. The van der Waals surface area contributed by atoms with E-state index < -0.39 is 46.2 Å². The summed E-state index contributed by atoms with van der Waals surface area (Å²) in [6, 6.07) is 0. The summed E-state index contributed by atoms with van der Waals surface area (Å²) in [5, 5.41) is 0. The lowest BCUT2D eigenvalue weighted by Crippen LogP contribution is -2.86. The van der Waals surface area contributed by atoms with Crippen molar-refractivity contribution in [3.8, 4) is 0 Å². The molecule has 2 unspecified atom stereocenters. The molecule has 20 heavy (non-hydrogen) atoms. The smallest absolute Gasteiger partial charge is 0.419 e. The molecule has 1 aliphatic heterocycles. The van der Waals surface area contributed by atoms with E-state index in [0.717, 1.165) is 0 Å². The SMILES string of the molecule is C[Si]1(C)O[Si](C)(F)[Si](C)(F)O[Si](C)(C)[Si](C)(C)[Si]1(C)C. The van der Waals surface area contributed by atoms with Crippen LogP contribution in [0.25, 0.3) is 0 Å². The fourth-order valence-electron chi connectivity index (χ4n) is 2.90. The van der Waals surface area contributed by atoms with E-state index in [1.54, 1.807) is 0 Å².